The second-order valence-corrected chi connectivity index (χ2v) is 6.31. The summed E-state index contributed by atoms with van der Waals surface area (Å²) in [6, 6.07) is 22.9. The molecular formula is C20H12ClN3O. The van der Waals surface area contributed by atoms with Crippen LogP contribution in [0.25, 0.3) is 33.1 Å². The molecule has 2 heterocycles. The molecule has 5 rings (SSSR count). The Labute approximate surface area is 147 Å². The molecule has 0 N–H and O–H groups in total. The summed E-state index contributed by atoms with van der Waals surface area (Å²) in [5, 5.41) is 1.96. The van der Waals surface area contributed by atoms with E-state index in [1.807, 2.05) is 59.3 Å². The summed E-state index contributed by atoms with van der Waals surface area (Å²) >= 11 is 6.09. The van der Waals surface area contributed by atoms with E-state index in [9.17, 15) is 4.79 Å². The van der Waals surface area contributed by atoms with Gasteiger partial charge in [-0.2, -0.15) is 4.52 Å². The quantitative estimate of drug-likeness (QED) is 0.450. The van der Waals surface area contributed by atoms with Gasteiger partial charge in [-0.15, -0.1) is 0 Å². The Morgan fingerprint density at radius 2 is 1.60 bits per heavy atom. The molecule has 2 aromatic heterocycles. The van der Waals surface area contributed by atoms with Crippen molar-refractivity contribution < 1.29 is 0 Å². The van der Waals surface area contributed by atoms with Gasteiger partial charge in [0.2, 0.25) is 0 Å². The highest BCUT2D eigenvalue weighted by Crippen LogP contribution is 2.25. The average molecular weight is 346 g/mol. The molecule has 0 aliphatic heterocycles. The van der Waals surface area contributed by atoms with E-state index >= 15 is 0 Å². The van der Waals surface area contributed by atoms with Crippen molar-refractivity contribution in [3.05, 3.63) is 88.2 Å². The second-order valence-electron chi connectivity index (χ2n) is 5.88. The predicted octanol–water partition coefficient (Wildman–Crippen LogP) is 4.45. The monoisotopic (exact) mass is 345 g/mol. The second kappa shape index (κ2) is 5.19. The third-order valence-electron chi connectivity index (χ3n) is 4.38. The number of hydrogen-bond acceptors (Lipinski definition) is 2. The maximum absolute atomic E-state index is 13.2. The molecule has 5 aromatic rings. The van der Waals surface area contributed by atoms with E-state index in [1.165, 1.54) is 0 Å². The molecular weight excluding hydrogens is 334 g/mol. The summed E-state index contributed by atoms with van der Waals surface area (Å²) in [7, 11) is 0. The van der Waals surface area contributed by atoms with Gasteiger partial charge in [-0.1, -0.05) is 41.9 Å². The number of fused-ring (bicyclic) bond motifs is 4. The predicted molar refractivity (Wildman–Crippen MR) is 101 cm³/mol. The van der Waals surface area contributed by atoms with Crippen LogP contribution in [0.2, 0.25) is 5.02 Å². The molecule has 0 saturated carbocycles. The third kappa shape index (κ3) is 2.01. The lowest BCUT2D eigenvalue weighted by Crippen LogP contribution is -2.20. The summed E-state index contributed by atoms with van der Waals surface area (Å²) in [6.07, 6.45) is 0. The van der Waals surface area contributed by atoms with E-state index in [-0.39, 0.29) is 5.56 Å². The fourth-order valence-corrected chi connectivity index (χ4v) is 3.46. The molecule has 120 valence electrons. The van der Waals surface area contributed by atoms with E-state index < -0.39 is 0 Å². The molecule has 0 saturated heterocycles. The molecule has 0 spiro atoms. The van der Waals surface area contributed by atoms with E-state index in [0.717, 1.165) is 16.6 Å². The summed E-state index contributed by atoms with van der Waals surface area (Å²) in [4.78, 5) is 18.0. The van der Waals surface area contributed by atoms with Gasteiger partial charge < -0.3 is 0 Å². The van der Waals surface area contributed by atoms with Gasteiger partial charge in [0.15, 0.2) is 5.65 Å². The molecule has 0 aliphatic rings. The van der Waals surface area contributed by atoms with Gasteiger partial charge in [-0.3, -0.25) is 4.79 Å². The summed E-state index contributed by atoms with van der Waals surface area (Å²) in [5.74, 6) is 0. The summed E-state index contributed by atoms with van der Waals surface area (Å²) in [6.45, 7) is 0. The van der Waals surface area contributed by atoms with Crippen LogP contribution < -0.4 is 5.56 Å². The SMILES string of the molecule is O=c1c2cc(Cl)ccc2nc2c3ccccc3n(-c3ccccc3)n12. The zero-order chi connectivity index (χ0) is 17.0. The first-order valence-electron chi connectivity index (χ1n) is 7.91. The maximum Gasteiger partial charge on any atom is 0.281 e. The molecule has 0 aliphatic carbocycles. The van der Waals surface area contributed by atoms with Crippen LogP contribution in [-0.2, 0) is 0 Å². The Morgan fingerprint density at radius 1 is 0.840 bits per heavy atom. The fourth-order valence-electron chi connectivity index (χ4n) is 3.29. The van der Waals surface area contributed by atoms with Crippen molar-refractivity contribution in [2.24, 2.45) is 0 Å². The third-order valence-corrected chi connectivity index (χ3v) is 4.62. The van der Waals surface area contributed by atoms with Crippen LogP contribution in [0.15, 0.2) is 77.6 Å². The Balaban J connectivity index is 2.09. The number of para-hydroxylation sites is 2. The van der Waals surface area contributed by atoms with Crippen molar-refractivity contribution in [1.29, 1.82) is 0 Å². The minimum Gasteiger partial charge on any atom is -0.267 e. The Morgan fingerprint density at radius 3 is 2.44 bits per heavy atom. The van der Waals surface area contributed by atoms with Crippen molar-refractivity contribution in [3.63, 3.8) is 0 Å². The standard InChI is InChI=1S/C20H12ClN3O/c21-13-10-11-17-16(12-13)20(25)24-19(22-17)15-8-4-5-9-18(15)23(24)14-6-2-1-3-7-14/h1-12H. The molecule has 0 bridgehead atoms. The van der Waals surface area contributed by atoms with Gasteiger partial charge in [0.25, 0.3) is 5.56 Å². The van der Waals surface area contributed by atoms with Gasteiger partial charge in [0, 0.05) is 10.4 Å². The normalized spacial score (nSPS) is 11.6. The lowest BCUT2D eigenvalue weighted by Gasteiger charge is -2.08. The molecule has 0 fully saturated rings. The van der Waals surface area contributed by atoms with Crippen molar-refractivity contribution in [2.45, 2.75) is 0 Å². The van der Waals surface area contributed by atoms with E-state index in [0.29, 0.717) is 21.6 Å². The fraction of sp³-hybridized carbons (Fsp3) is 0. The topological polar surface area (TPSA) is 39.3 Å². The van der Waals surface area contributed by atoms with Gasteiger partial charge in [-0.25, -0.2) is 9.67 Å². The van der Waals surface area contributed by atoms with Gasteiger partial charge >= 0.3 is 0 Å². The molecule has 0 radical (unpaired) electrons. The highest BCUT2D eigenvalue weighted by atomic mass is 35.5. The van der Waals surface area contributed by atoms with Crippen LogP contribution in [-0.4, -0.2) is 14.2 Å². The molecule has 3 aromatic carbocycles. The van der Waals surface area contributed by atoms with Gasteiger partial charge in [0.05, 0.1) is 22.1 Å². The van der Waals surface area contributed by atoms with Crippen molar-refractivity contribution in [1.82, 2.24) is 14.2 Å². The molecule has 0 amide bonds. The van der Waals surface area contributed by atoms with Crippen molar-refractivity contribution in [2.75, 3.05) is 0 Å². The number of hydrogen-bond donors (Lipinski definition) is 0. The number of rotatable bonds is 1. The molecule has 5 heteroatoms. The largest absolute Gasteiger partial charge is 0.281 e. The number of aromatic nitrogens is 3. The van der Waals surface area contributed by atoms with Crippen LogP contribution in [0, 0.1) is 0 Å². The van der Waals surface area contributed by atoms with Crippen LogP contribution in [0.4, 0.5) is 0 Å². The van der Waals surface area contributed by atoms with E-state index in [4.69, 9.17) is 16.6 Å². The first-order valence-corrected chi connectivity index (χ1v) is 8.29. The Kier molecular flexibility index (Phi) is 2.96. The molecule has 25 heavy (non-hydrogen) atoms. The maximum atomic E-state index is 13.2. The van der Waals surface area contributed by atoms with Crippen molar-refractivity contribution in [3.8, 4) is 5.69 Å². The Hall–Kier alpha value is -3.11. The molecule has 0 atom stereocenters. The molecule has 0 unspecified atom stereocenters. The minimum atomic E-state index is -0.137. The minimum absolute atomic E-state index is 0.137. The van der Waals surface area contributed by atoms with Crippen molar-refractivity contribution >= 4 is 39.1 Å². The summed E-state index contributed by atoms with van der Waals surface area (Å²) < 4.78 is 3.53. The highest BCUT2D eigenvalue weighted by Gasteiger charge is 2.16. The lowest BCUT2D eigenvalue weighted by molar-refractivity contribution is 0.794. The summed E-state index contributed by atoms with van der Waals surface area (Å²) in [5.41, 5.74) is 2.98. The first kappa shape index (κ1) is 14.3. The average Bonchev–Trinajstić information content (AvgIpc) is 2.98. The number of halogens is 1. The van der Waals surface area contributed by atoms with Gasteiger partial charge in [0.1, 0.15) is 0 Å². The number of benzene rings is 3. The van der Waals surface area contributed by atoms with Crippen LogP contribution >= 0.6 is 11.6 Å². The lowest BCUT2D eigenvalue weighted by atomic mass is 10.2. The van der Waals surface area contributed by atoms with E-state index in [2.05, 4.69) is 0 Å². The zero-order valence-corrected chi connectivity index (χ0v) is 13.8. The number of nitrogens with zero attached hydrogens (tertiary/aromatic N) is 3. The van der Waals surface area contributed by atoms with Gasteiger partial charge in [-0.05, 0) is 42.5 Å². The van der Waals surface area contributed by atoms with E-state index in [1.54, 1.807) is 22.7 Å². The Bertz CT molecular complexity index is 1320. The van der Waals surface area contributed by atoms with Crippen LogP contribution in [0.5, 0.6) is 0 Å². The van der Waals surface area contributed by atoms with Crippen LogP contribution in [0.1, 0.15) is 0 Å². The smallest absolute Gasteiger partial charge is 0.267 e. The molecule has 4 nitrogen and oxygen atoms in total. The van der Waals surface area contributed by atoms with Crippen LogP contribution in [0.3, 0.4) is 0 Å². The zero-order valence-electron chi connectivity index (χ0n) is 13.1. The first-order chi connectivity index (χ1) is 12.2. The highest BCUT2D eigenvalue weighted by molar-refractivity contribution is 6.31.